The van der Waals surface area contributed by atoms with Crippen LogP contribution in [0, 0.1) is 5.82 Å². The first kappa shape index (κ1) is 16.7. The number of methoxy groups -OCH3 is 1. The van der Waals surface area contributed by atoms with Crippen LogP contribution in [0.15, 0.2) is 54.7 Å². The minimum atomic E-state index is -0.483. The molecule has 3 aromatic rings. The van der Waals surface area contributed by atoms with E-state index >= 15 is 0 Å². The van der Waals surface area contributed by atoms with E-state index in [4.69, 9.17) is 9.47 Å². The minimum absolute atomic E-state index is 0.252. The Balaban J connectivity index is 2.22. The molecule has 0 fully saturated rings. The molecule has 0 radical (unpaired) electrons. The molecule has 2 aromatic carbocycles. The maximum absolute atomic E-state index is 13.3. The monoisotopic (exact) mass is 340 g/mol. The molecule has 1 aromatic heterocycles. The van der Waals surface area contributed by atoms with Crippen molar-refractivity contribution >= 4 is 5.97 Å². The first-order valence-corrected chi connectivity index (χ1v) is 7.80. The van der Waals surface area contributed by atoms with Gasteiger partial charge in [-0.1, -0.05) is 12.1 Å². The number of hydrogen-bond acceptors (Lipinski definition) is 4. The van der Waals surface area contributed by atoms with Gasteiger partial charge in [-0.2, -0.15) is 5.10 Å². The fourth-order valence-corrected chi connectivity index (χ4v) is 2.58. The molecule has 0 spiro atoms. The van der Waals surface area contributed by atoms with Crippen LogP contribution >= 0.6 is 0 Å². The largest absolute Gasteiger partial charge is 0.494 e. The van der Waals surface area contributed by atoms with Gasteiger partial charge in [0.1, 0.15) is 22.8 Å². The van der Waals surface area contributed by atoms with Crippen molar-refractivity contribution in [2.45, 2.75) is 6.92 Å². The first-order valence-electron chi connectivity index (χ1n) is 7.80. The van der Waals surface area contributed by atoms with Crippen LogP contribution in [-0.4, -0.2) is 29.5 Å². The van der Waals surface area contributed by atoms with Gasteiger partial charge in [0.2, 0.25) is 0 Å². The lowest BCUT2D eigenvalue weighted by atomic mass is 10.1. The highest BCUT2D eigenvalue weighted by Gasteiger charge is 2.22. The number of hydrogen-bond donors (Lipinski definition) is 0. The van der Waals surface area contributed by atoms with Gasteiger partial charge in [-0.3, -0.25) is 0 Å². The predicted octanol–water partition coefficient (Wildman–Crippen LogP) is 3.86. The summed E-state index contributed by atoms with van der Waals surface area (Å²) in [6.45, 7) is 1.99. The molecule has 0 aliphatic heterocycles. The van der Waals surface area contributed by atoms with Crippen molar-refractivity contribution in [1.82, 2.24) is 9.78 Å². The second-order valence-electron chi connectivity index (χ2n) is 5.22. The predicted molar refractivity (Wildman–Crippen MR) is 91.5 cm³/mol. The minimum Gasteiger partial charge on any atom is -0.494 e. The van der Waals surface area contributed by atoms with Crippen LogP contribution in [0.2, 0.25) is 0 Å². The van der Waals surface area contributed by atoms with E-state index in [0.717, 1.165) is 0 Å². The maximum Gasteiger partial charge on any atom is 0.342 e. The van der Waals surface area contributed by atoms with Crippen LogP contribution in [0.5, 0.6) is 5.75 Å². The van der Waals surface area contributed by atoms with Gasteiger partial charge < -0.3 is 9.47 Å². The summed E-state index contributed by atoms with van der Waals surface area (Å²) in [7, 11) is 1.56. The van der Waals surface area contributed by atoms with E-state index in [-0.39, 0.29) is 12.4 Å². The van der Waals surface area contributed by atoms with Gasteiger partial charge in [0.15, 0.2) is 0 Å². The zero-order chi connectivity index (χ0) is 17.8. The Labute approximate surface area is 144 Å². The lowest BCUT2D eigenvalue weighted by molar-refractivity contribution is 0.0527. The Morgan fingerprint density at radius 3 is 2.56 bits per heavy atom. The third-order valence-electron chi connectivity index (χ3n) is 3.70. The summed E-state index contributed by atoms with van der Waals surface area (Å²) in [6.07, 6.45) is 1.45. The number of esters is 1. The molecule has 6 heteroatoms. The summed E-state index contributed by atoms with van der Waals surface area (Å²) >= 11 is 0. The summed E-state index contributed by atoms with van der Waals surface area (Å²) in [5.74, 6) is -0.239. The van der Waals surface area contributed by atoms with E-state index in [1.165, 1.54) is 18.3 Å². The number of carbonyl (C=O) groups excluding carboxylic acids is 1. The number of ether oxygens (including phenoxy) is 2. The fourth-order valence-electron chi connectivity index (χ4n) is 2.58. The molecule has 0 atom stereocenters. The summed E-state index contributed by atoms with van der Waals surface area (Å²) in [6, 6.07) is 13.2. The molecule has 128 valence electrons. The van der Waals surface area contributed by atoms with Crippen molar-refractivity contribution in [2.24, 2.45) is 0 Å². The van der Waals surface area contributed by atoms with Crippen molar-refractivity contribution in [1.29, 1.82) is 0 Å². The smallest absolute Gasteiger partial charge is 0.342 e. The Kier molecular flexibility index (Phi) is 4.79. The average Bonchev–Trinajstić information content (AvgIpc) is 3.07. The van der Waals surface area contributed by atoms with Gasteiger partial charge in [0.05, 0.1) is 25.6 Å². The molecule has 1 heterocycles. The summed E-state index contributed by atoms with van der Waals surface area (Å²) in [4.78, 5) is 12.3. The fraction of sp³-hybridized carbons (Fsp3) is 0.158. The number of nitrogens with zero attached hydrogens (tertiary/aromatic N) is 2. The molecule has 5 nitrogen and oxygen atoms in total. The standard InChI is InChI=1S/C19H17FN2O3/c1-3-25-19(23)15-12-21-22(16-6-4-5-7-17(16)24-2)18(15)13-8-10-14(20)11-9-13/h4-12H,3H2,1-2H3. The molecule has 0 saturated carbocycles. The van der Waals surface area contributed by atoms with Crippen molar-refractivity contribution in [2.75, 3.05) is 13.7 Å². The molecule has 0 aliphatic rings. The number of aromatic nitrogens is 2. The van der Waals surface area contributed by atoms with E-state index in [1.54, 1.807) is 36.9 Å². The van der Waals surface area contributed by atoms with E-state index in [2.05, 4.69) is 5.10 Å². The van der Waals surface area contributed by atoms with Crippen molar-refractivity contribution < 1.29 is 18.7 Å². The number of benzene rings is 2. The highest BCUT2D eigenvalue weighted by molar-refractivity contribution is 5.96. The topological polar surface area (TPSA) is 53.3 Å². The average molecular weight is 340 g/mol. The van der Waals surface area contributed by atoms with E-state index in [9.17, 15) is 9.18 Å². The van der Waals surface area contributed by atoms with Crippen LogP contribution in [0.3, 0.4) is 0 Å². The molecule has 0 aliphatic carbocycles. The quantitative estimate of drug-likeness (QED) is 0.662. The molecule has 0 bridgehead atoms. The van der Waals surface area contributed by atoms with E-state index < -0.39 is 5.97 Å². The normalized spacial score (nSPS) is 10.5. The number of para-hydroxylation sites is 2. The Morgan fingerprint density at radius 2 is 1.88 bits per heavy atom. The molecular formula is C19H17FN2O3. The van der Waals surface area contributed by atoms with Crippen LogP contribution in [0.1, 0.15) is 17.3 Å². The Bertz CT molecular complexity index is 888. The van der Waals surface area contributed by atoms with Crippen LogP contribution in [0.4, 0.5) is 4.39 Å². The molecule has 0 saturated heterocycles. The second kappa shape index (κ2) is 7.17. The zero-order valence-electron chi connectivity index (χ0n) is 13.9. The molecule has 0 N–H and O–H groups in total. The van der Waals surface area contributed by atoms with Gasteiger partial charge >= 0.3 is 5.97 Å². The van der Waals surface area contributed by atoms with Crippen LogP contribution in [-0.2, 0) is 4.74 Å². The van der Waals surface area contributed by atoms with Crippen molar-refractivity contribution in [3.05, 3.63) is 66.1 Å². The number of halogens is 1. The van der Waals surface area contributed by atoms with Gasteiger partial charge in [0, 0.05) is 5.56 Å². The lowest BCUT2D eigenvalue weighted by Gasteiger charge is -2.13. The molecule has 0 unspecified atom stereocenters. The Morgan fingerprint density at radius 1 is 1.16 bits per heavy atom. The maximum atomic E-state index is 13.3. The Hall–Kier alpha value is -3.15. The third-order valence-corrected chi connectivity index (χ3v) is 3.70. The van der Waals surface area contributed by atoms with Crippen molar-refractivity contribution in [3.8, 4) is 22.7 Å². The van der Waals surface area contributed by atoms with Gasteiger partial charge in [0.25, 0.3) is 0 Å². The highest BCUT2D eigenvalue weighted by Crippen LogP contribution is 2.31. The summed E-state index contributed by atoms with van der Waals surface area (Å²) in [5, 5.41) is 4.34. The third kappa shape index (κ3) is 3.24. The summed E-state index contributed by atoms with van der Waals surface area (Å²) in [5.41, 5.74) is 2.13. The van der Waals surface area contributed by atoms with Gasteiger partial charge in [-0.15, -0.1) is 0 Å². The number of rotatable bonds is 5. The molecular weight excluding hydrogens is 323 g/mol. The second-order valence-corrected chi connectivity index (χ2v) is 5.22. The first-order chi connectivity index (χ1) is 12.2. The van der Waals surface area contributed by atoms with Crippen LogP contribution < -0.4 is 4.74 Å². The van der Waals surface area contributed by atoms with E-state index in [1.807, 2.05) is 18.2 Å². The van der Waals surface area contributed by atoms with E-state index in [0.29, 0.717) is 28.3 Å². The zero-order valence-corrected chi connectivity index (χ0v) is 13.9. The van der Waals surface area contributed by atoms with Crippen LogP contribution in [0.25, 0.3) is 16.9 Å². The van der Waals surface area contributed by atoms with Gasteiger partial charge in [-0.25, -0.2) is 13.9 Å². The SMILES string of the molecule is CCOC(=O)c1cnn(-c2ccccc2OC)c1-c1ccc(F)cc1. The number of carbonyl (C=O) groups is 1. The molecule has 0 amide bonds. The van der Waals surface area contributed by atoms with Gasteiger partial charge in [-0.05, 0) is 43.3 Å². The molecule has 25 heavy (non-hydrogen) atoms. The summed E-state index contributed by atoms with van der Waals surface area (Å²) < 4.78 is 25.4. The lowest BCUT2D eigenvalue weighted by Crippen LogP contribution is -2.07. The van der Waals surface area contributed by atoms with Crippen molar-refractivity contribution in [3.63, 3.8) is 0 Å². The molecule has 3 rings (SSSR count). The highest BCUT2D eigenvalue weighted by atomic mass is 19.1.